The molecule has 1 N–H and O–H groups in total. The first-order valence-electron chi connectivity index (χ1n) is 5.13. The maximum absolute atomic E-state index is 8.95. The number of aromatic nitrogens is 4. The Labute approximate surface area is 98.9 Å². The Morgan fingerprint density at radius 2 is 2.18 bits per heavy atom. The SMILES string of the molecule is Cc1[nH]ncc1CN(C)c1nccnc1C#N. The summed E-state index contributed by atoms with van der Waals surface area (Å²) in [6.07, 6.45) is 4.86. The zero-order valence-electron chi connectivity index (χ0n) is 9.68. The van der Waals surface area contributed by atoms with Gasteiger partial charge in [-0.25, -0.2) is 9.97 Å². The first-order chi connectivity index (χ1) is 8.22. The van der Waals surface area contributed by atoms with E-state index >= 15 is 0 Å². The van der Waals surface area contributed by atoms with Crippen LogP contribution in [-0.4, -0.2) is 27.2 Å². The first-order valence-corrected chi connectivity index (χ1v) is 5.13. The number of nitrogens with zero attached hydrogens (tertiary/aromatic N) is 5. The number of anilines is 1. The van der Waals surface area contributed by atoms with Crippen LogP contribution in [0.25, 0.3) is 0 Å². The normalized spacial score (nSPS) is 9.94. The molecule has 6 heteroatoms. The van der Waals surface area contributed by atoms with Crippen LogP contribution in [0.1, 0.15) is 17.0 Å². The van der Waals surface area contributed by atoms with Crippen LogP contribution in [0.15, 0.2) is 18.6 Å². The van der Waals surface area contributed by atoms with Gasteiger partial charge in [0.2, 0.25) is 0 Å². The fraction of sp³-hybridized carbons (Fsp3) is 0.273. The van der Waals surface area contributed by atoms with Gasteiger partial charge in [0.1, 0.15) is 6.07 Å². The molecule has 0 saturated heterocycles. The molecule has 2 heterocycles. The van der Waals surface area contributed by atoms with Gasteiger partial charge in [-0.15, -0.1) is 0 Å². The van der Waals surface area contributed by atoms with Gasteiger partial charge < -0.3 is 4.90 Å². The summed E-state index contributed by atoms with van der Waals surface area (Å²) in [7, 11) is 1.87. The fourth-order valence-electron chi connectivity index (χ4n) is 1.55. The number of hydrogen-bond acceptors (Lipinski definition) is 5. The number of aryl methyl sites for hydroxylation is 1. The third-order valence-electron chi connectivity index (χ3n) is 2.49. The minimum atomic E-state index is 0.330. The molecule has 0 spiro atoms. The number of rotatable bonds is 3. The lowest BCUT2D eigenvalue weighted by Gasteiger charge is -2.17. The lowest BCUT2D eigenvalue weighted by molar-refractivity contribution is 0.879. The molecule has 17 heavy (non-hydrogen) atoms. The van der Waals surface area contributed by atoms with Crippen LogP contribution >= 0.6 is 0 Å². The Morgan fingerprint density at radius 3 is 2.82 bits per heavy atom. The second kappa shape index (κ2) is 4.61. The van der Waals surface area contributed by atoms with Crippen molar-refractivity contribution in [2.45, 2.75) is 13.5 Å². The predicted octanol–water partition coefficient (Wildman–Crippen LogP) is 1.02. The molecule has 2 aromatic heterocycles. The van der Waals surface area contributed by atoms with Crippen molar-refractivity contribution in [3.63, 3.8) is 0 Å². The number of H-pyrrole nitrogens is 1. The van der Waals surface area contributed by atoms with E-state index in [0.29, 0.717) is 18.1 Å². The van der Waals surface area contributed by atoms with E-state index < -0.39 is 0 Å². The average molecular weight is 228 g/mol. The summed E-state index contributed by atoms with van der Waals surface area (Å²) in [4.78, 5) is 10.0. The molecule has 2 rings (SSSR count). The van der Waals surface area contributed by atoms with E-state index in [9.17, 15) is 0 Å². The molecule has 0 atom stereocenters. The summed E-state index contributed by atoms with van der Waals surface area (Å²) in [5.41, 5.74) is 2.41. The van der Waals surface area contributed by atoms with E-state index in [2.05, 4.69) is 20.2 Å². The smallest absolute Gasteiger partial charge is 0.183 e. The largest absolute Gasteiger partial charge is 0.353 e. The van der Waals surface area contributed by atoms with Gasteiger partial charge in [-0.1, -0.05) is 0 Å². The van der Waals surface area contributed by atoms with Gasteiger partial charge >= 0.3 is 0 Å². The van der Waals surface area contributed by atoms with E-state index in [1.54, 1.807) is 12.4 Å². The van der Waals surface area contributed by atoms with Gasteiger partial charge in [-0.05, 0) is 6.92 Å². The predicted molar refractivity (Wildman–Crippen MR) is 62.2 cm³/mol. The molecular formula is C11H12N6. The van der Waals surface area contributed by atoms with Gasteiger partial charge in [0.05, 0.1) is 6.20 Å². The third kappa shape index (κ3) is 2.23. The quantitative estimate of drug-likeness (QED) is 0.848. The topological polar surface area (TPSA) is 81.5 Å². The molecule has 2 aromatic rings. The van der Waals surface area contributed by atoms with Crippen molar-refractivity contribution < 1.29 is 0 Å². The van der Waals surface area contributed by atoms with Crippen LogP contribution in [0.5, 0.6) is 0 Å². The molecule has 0 fully saturated rings. The maximum Gasteiger partial charge on any atom is 0.183 e. The van der Waals surface area contributed by atoms with E-state index in [1.165, 1.54) is 6.20 Å². The summed E-state index contributed by atoms with van der Waals surface area (Å²) >= 11 is 0. The molecule has 86 valence electrons. The van der Waals surface area contributed by atoms with Crippen molar-refractivity contribution in [2.24, 2.45) is 0 Å². The lowest BCUT2D eigenvalue weighted by atomic mass is 10.2. The maximum atomic E-state index is 8.95. The molecule has 0 aliphatic heterocycles. The Hall–Kier alpha value is -2.42. The summed E-state index contributed by atoms with van der Waals surface area (Å²) in [6.45, 7) is 2.59. The van der Waals surface area contributed by atoms with Crippen LogP contribution in [-0.2, 0) is 6.54 Å². The van der Waals surface area contributed by atoms with Crippen LogP contribution in [0, 0.1) is 18.3 Å². The monoisotopic (exact) mass is 228 g/mol. The standard InChI is InChI=1S/C11H12N6/c1-8-9(6-15-16-8)7-17(2)11-10(5-12)13-3-4-14-11/h3-4,6H,7H2,1-2H3,(H,15,16). The zero-order valence-corrected chi connectivity index (χ0v) is 9.68. The van der Waals surface area contributed by atoms with Gasteiger partial charge in [0.15, 0.2) is 11.5 Å². The lowest BCUT2D eigenvalue weighted by Crippen LogP contribution is -2.19. The zero-order chi connectivity index (χ0) is 12.3. The van der Waals surface area contributed by atoms with Gasteiger partial charge in [-0.3, -0.25) is 5.10 Å². The molecule has 0 saturated carbocycles. The summed E-state index contributed by atoms with van der Waals surface area (Å²) in [6, 6.07) is 2.03. The van der Waals surface area contributed by atoms with Crippen molar-refractivity contribution in [1.29, 1.82) is 5.26 Å². The third-order valence-corrected chi connectivity index (χ3v) is 2.49. The van der Waals surface area contributed by atoms with Crippen molar-refractivity contribution >= 4 is 5.82 Å². The molecule has 0 radical (unpaired) electrons. The number of aromatic amines is 1. The highest BCUT2D eigenvalue weighted by molar-refractivity contribution is 5.49. The Balaban J connectivity index is 2.24. The average Bonchev–Trinajstić information content (AvgIpc) is 2.75. The second-order valence-electron chi connectivity index (χ2n) is 3.72. The Bertz CT molecular complexity index is 553. The first kappa shape index (κ1) is 11.1. The van der Waals surface area contributed by atoms with Crippen molar-refractivity contribution in [3.8, 4) is 6.07 Å². The minimum Gasteiger partial charge on any atom is -0.353 e. The summed E-state index contributed by atoms with van der Waals surface area (Å²) < 4.78 is 0. The molecule has 0 aliphatic rings. The van der Waals surface area contributed by atoms with E-state index in [1.807, 2.05) is 24.9 Å². The Morgan fingerprint density at radius 1 is 1.41 bits per heavy atom. The number of nitrogens with one attached hydrogen (secondary N) is 1. The highest BCUT2D eigenvalue weighted by Crippen LogP contribution is 2.15. The van der Waals surface area contributed by atoms with Gasteiger partial charge in [0, 0.05) is 37.2 Å². The fourth-order valence-corrected chi connectivity index (χ4v) is 1.55. The van der Waals surface area contributed by atoms with E-state index in [4.69, 9.17) is 5.26 Å². The van der Waals surface area contributed by atoms with E-state index in [0.717, 1.165) is 11.3 Å². The minimum absolute atomic E-state index is 0.330. The molecule has 0 aromatic carbocycles. The second-order valence-corrected chi connectivity index (χ2v) is 3.72. The molecule has 0 aliphatic carbocycles. The molecule has 0 unspecified atom stereocenters. The van der Waals surface area contributed by atoms with Crippen molar-refractivity contribution in [3.05, 3.63) is 35.5 Å². The number of nitriles is 1. The highest BCUT2D eigenvalue weighted by atomic mass is 15.2. The van der Waals surface area contributed by atoms with Crippen LogP contribution < -0.4 is 4.90 Å². The van der Waals surface area contributed by atoms with Gasteiger partial charge in [-0.2, -0.15) is 10.4 Å². The van der Waals surface area contributed by atoms with Crippen LogP contribution in [0.2, 0.25) is 0 Å². The molecule has 0 amide bonds. The highest BCUT2D eigenvalue weighted by Gasteiger charge is 2.11. The van der Waals surface area contributed by atoms with E-state index in [-0.39, 0.29) is 0 Å². The molecule has 0 bridgehead atoms. The van der Waals surface area contributed by atoms with Crippen molar-refractivity contribution in [1.82, 2.24) is 20.2 Å². The van der Waals surface area contributed by atoms with Crippen LogP contribution in [0.4, 0.5) is 5.82 Å². The summed E-state index contributed by atoms with van der Waals surface area (Å²) in [5, 5.41) is 15.8. The van der Waals surface area contributed by atoms with Crippen molar-refractivity contribution in [2.75, 3.05) is 11.9 Å². The Kier molecular flexibility index (Phi) is 3.01. The van der Waals surface area contributed by atoms with Crippen LogP contribution in [0.3, 0.4) is 0 Å². The molecular weight excluding hydrogens is 216 g/mol. The van der Waals surface area contributed by atoms with Gasteiger partial charge in [0.25, 0.3) is 0 Å². The number of hydrogen-bond donors (Lipinski definition) is 1. The summed E-state index contributed by atoms with van der Waals surface area (Å²) in [5.74, 6) is 0.579. The molecule has 6 nitrogen and oxygen atoms in total.